The van der Waals surface area contributed by atoms with E-state index in [-0.39, 0.29) is 19.1 Å². The zero-order valence-electron chi connectivity index (χ0n) is 9.86. The van der Waals surface area contributed by atoms with Gasteiger partial charge in [0.2, 0.25) is 0 Å². The summed E-state index contributed by atoms with van der Waals surface area (Å²) in [5, 5.41) is 2.65. The van der Waals surface area contributed by atoms with Crippen LogP contribution in [0.1, 0.15) is 5.56 Å². The van der Waals surface area contributed by atoms with Crippen molar-refractivity contribution in [1.29, 1.82) is 0 Å². The molecule has 0 saturated heterocycles. The Morgan fingerprint density at radius 1 is 1.24 bits per heavy atom. The summed E-state index contributed by atoms with van der Waals surface area (Å²) in [5.74, 6) is -0.934. The van der Waals surface area contributed by atoms with Gasteiger partial charge in [-0.25, -0.2) is 4.79 Å². The number of carbonyl (C=O) groups is 2. The lowest BCUT2D eigenvalue weighted by atomic mass is 10.2. The Morgan fingerprint density at radius 3 is 2.59 bits per heavy atom. The Hall–Kier alpha value is -1.88. The fourth-order valence-corrected chi connectivity index (χ4v) is 1.20. The number of para-hydroxylation sites is 1. The second-order valence-corrected chi connectivity index (χ2v) is 3.46. The number of amides is 1. The molecule has 1 aromatic carbocycles. The first-order chi connectivity index (χ1) is 8.13. The summed E-state index contributed by atoms with van der Waals surface area (Å²) in [7, 11) is 1.38. The molecule has 1 amide bonds. The maximum Gasteiger partial charge on any atom is 0.332 e. The summed E-state index contributed by atoms with van der Waals surface area (Å²) < 4.78 is 9.25. The fraction of sp³-hybridized carbons (Fsp3) is 0.333. The van der Waals surface area contributed by atoms with Crippen molar-refractivity contribution in [3.8, 4) is 0 Å². The van der Waals surface area contributed by atoms with Gasteiger partial charge in [0.15, 0.2) is 6.61 Å². The van der Waals surface area contributed by atoms with Gasteiger partial charge < -0.3 is 14.8 Å². The van der Waals surface area contributed by atoms with Crippen LogP contribution in [-0.4, -0.2) is 32.2 Å². The summed E-state index contributed by atoms with van der Waals surface area (Å²) in [5.41, 5.74) is 1.66. The van der Waals surface area contributed by atoms with Gasteiger partial charge in [0.05, 0.1) is 0 Å². The van der Waals surface area contributed by atoms with Crippen LogP contribution in [0.4, 0.5) is 5.69 Å². The van der Waals surface area contributed by atoms with E-state index in [1.165, 1.54) is 7.11 Å². The molecule has 5 heteroatoms. The van der Waals surface area contributed by atoms with Crippen LogP contribution in [0.5, 0.6) is 0 Å². The van der Waals surface area contributed by atoms with Crippen LogP contribution in [0.3, 0.4) is 0 Å². The number of nitrogens with one attached hydrogen (secondary N) is 1. The number of ether oxygens (including phenoxy) is 2. The molecular formula is C12H15NO4. The van der Waals surface area contributed by atoms with E-state index in [1.54, 1.807) is 6.07 Å². The normalized spacial score (nSPS) is 9.76. The second kappa shape index (κ2) is 6.65. The van der Waals surface area contributed by atoms with Crippen molar-refractivity contribution in [2.45, 2.75) is 6.92 Å². The number of esters is 1. The Morgan fingerprint density at radius 2 is 1.94 bits per heavy atom. The van der Waals surface area contributed by atoms with Crippen LogP contribution in [-0.2, 0) is 19.1 Å². The van der Waals surface area contributed by atoms with Gasteiger partial charge in [-0.3, -0.25) is 4.79 Å². The van der Waals surface area contributed by atoms with Gasteiger partial charge in [0, 0.05) is 12.8 Å². The molecule has 0 radical (unpaired) electrons. The molecule has 92 valence electrons. The summed E-state index contributed by atoms with van der Waals surface area (Å²) in [4.78, 5) is 22.4. The minimum atomic E-state index is -0.563. The van der Waals surface area contributed by atoms with Gasteiger partial charge in [-0.15, -0.1) is 0 Å². The lowest BCUT2D eigenvalue weighted by molar-refractivity contribution is -0.150. The van der Waals surface area contributed by atoms with Crippen LogP contribution in [0, 0.1) is 6.92 Å². The first kappa shape index (κ1) is 13.2. The standard InChI is InChI=1S/C12H15NO4/c1-9-5-3-4-6-10(9)13-11(14)7-17-12(15)8-16-2/h3-6H,7-8H2,1-2H3,(H,13,14). The van der Waals surface area contributed by atoms with Crippen LogP contribution >= 0.6 is 0 Å². The third-order valence-electron chi connectivity index (χ3n) is 2.05. The topological polar surface area (TPSA) is 64.6 Å². The molecule has 1 rings (SSSR count). The summed E-state index contributed by atoms with van der Waals surface area (Å²) >= 11 is 0. The molecular weight excluding hydrogens is 222 g/mol. The van der Waals surface area contributed by atoms with Crippen molar-refractivity contribution in [3.63, 3.8) is 0 Å². The molecule has 17 heavy (non-hydrogen) atoms. The number of methoxy groups -OCH3 is 1. The zero-order valence-corrected chi connectivity index (χ0v) is 9.86. The molecule has 1 N–H and O–H groups in total. The van der Waals surface area contributed by atoms with Crippen LogP contribution in [0.15, 0.2) is 24.3 Å². The Balaban J connectivity index is 2.40. The SMILES string of the molecule is COCC(=O)OCC(=O)Nc1ccccc1C. The predicted molar refractivity (Wildman–Crippen MR) is 62.6 cm³/mol. The number of carbonyl (C=O) groups excluding carboxylic acids is 2. The molecule has 0 bridgehead atoms. The highest BCUT2D eigenvalue weighted by molar-refractivity contribution is 5.93. The van der Waals surface area contributed by atoms with Crippen molar-refractivity contribution in [1.82, 2.24) is 0 Å². The predicted octanol–water partition coefficient (Wildman–Crippen LogP) is 1.12. The molecule has 0 unspecified atom stereocenters. The van der Waals surface area contributed by atoms with Gasteiger partial charge in [-0.2, -0.15) is 0 Å². The van der Waals surface area contributed by atoms with Gasteiger partial charge >= 0.3 is 5.97 Å². The lowest BCUT2D eigenvalue weighted by Gasteiger charge is -2.08. The third-order valence-corrected chi connectivity index (χ3v) is 2.05. The van der Waals surface area contributed by atoms with Crippen molar-refractivity contribution < 1.29 is 19.1 Å². The highest BCUT2D eigenvalue weighted by atomic mass is 16.6. The molecule has 0 aliphatic carbocycles. The average molecular weight is 237 g/mol. The molecule has 0 spiro atoms. The molecule has 0 aliphatic heterocycles. The van der Waals surface area contributed by atoms with E-state index in [4.69, 9.17) is 0 Å². The molecule has 0 fully saturated rings. The van der Waals surface area contributed by atoms with E-state index >= 15 is 0 Å². The molecule has 0 saturated carbocycles. The first-order valence-corrected chi connectivity index (χ1v) is 5.13. The van der Waals surface area contributed by atoms with E-state index in [1.807, 2.05) is 25.1 Å². The Bertz CT molecular complexity index is 403. The Kier molecular flexibility index (Phi) is 5.16. The number of hydrogen-bond donors (Lipinski definition) is 1. The molecule has 1 aromatic rings. The number of rotatable bonds is 5. The fourth-order valence-electron chi connectivity index (χ4n) is 1.20. The average Bonchev–Trinajstić information content (AvgIpc) is 2.30. The highest BCUT2D eigenvalue weighted by Crippen LogP contribution is 2.12. The lowest BCUT2D eigenvalue weighted by Crippen LogP contribution is -2.22. The molecule has 0 heterocycles. The largest absolute Gasteiger partial charge is 0.454 e. The van der Waals surface area contributed by atoms with Gasteiger partial charge in [-0.05, 0) is 18.6 Å². The van der Waals surface area contributed by atoms with E-state index in [2.05, 4.69) is 14.8 Å². The maximum absolute atomic E-state index is 11.4. The minimum Gasteiger partial charge on any atom is -0.454 e. The van der Waals surface area contributed by atoms with Gasteiger partial charge in [0.1, 0.15) is 6.61 Å². The first-order valence-electron chi connectivity index (χ1n) is 5.13. The highest BCUT2D eigenvalue weighted by Gasteiger charge is 2.08. The van der Waals surface area contributed by atoms with Gasteiger partial charge in [-0.1, -0.05) is 18.2 Å². The number of benzene rings is 1. The monoisotopic (exact) mass is 237 g/mol. The number of aryl methyl sites for hydroxylation is 1. The van der Waals surface area contributed by atoms with E-state index < -0.39 is 5.97 Å². The third kappa shape index (κ3) is 4.65. The number of hydrogen-bond acceptors (Lipinski definition) is 4. The van der Waals surface area contributed by atoms with E-state index in [0.717, 1.165) is 5.56 Å². The van der Waals surface area contributed by atoms with Gasteiger partial charge in [0.25, 0.3) is 5.91 Å². The maximum atomic E-state index is 11.4. The molecule has 0 aliphatic rings. The second-order valence-electron chi connectivity index (χ2n) is 3.46. The van der Waals surface area contributed by atoms with E-state index in [0.29, 0.717) is 5.69 Å². The Labute approximate surface area is 99.7 Å². The van der Waals surface area contributed by atoms with Crippen molar-refractivity contribution in [3.05, 3.63) is 29.8 Å². The summed E-state index contributed by atoms with van der Waals surface area (Å²) in [6.45, 7) is 1.42. The van der Waals surface area contributed by atoms with E-state index in [9.17, 15) is 9.59 Å². The van der Waals surface area contributed by atoms with Crippen molar-refractivity contribution in [2.24, 2.45) is 0 Å². The molecule has 0 aromatic heterocycles. The summed E-state index contributed by atoms with van der Waals surface area (Å²) in [6.07, 6.45) is 0. The molecule has 0 atom stereocenters. The van der Waals surface area contributed by atoms with Crippen LogP contribution < -0.4 is 5.32 Å². The quantitative estimate of drug-likeness (QED) is 0.779. The smallest absolute Gasteiger partial charge is 0.332 e. The summed E-state index contributed by atoms with van der Waals surface area (Å²) in [6, 6.07) is 7.36. The van der Waals surface area contributed by atoms with Crippen molar-refractivity contribution >= 4 is 17.6 Å². The molecule has 5 nitrogen and oxygen atoms in total. The zero-order chi connectivity index (χ0) is 12.7. The number of anilines is 1. The van der Waals surface area contributed by atoms with Crippen molar-refractivity contribution in [2.75, 3.05) is 25.6 Å². The van der Waals surface area contributed by atoms with Crippen LogP contribution in [0.25, 0.3) is 0 Å². The minimum absolute atomic E-state index is 0.155. The van der Waals surface area contributed by atoms with Crippen LogP contribution in [0.2, 0.25) is 0 Å².